The van der Waals surface area contributed by atoms with Crippen LogP contribution in [0.4, 0.5) is 0 Å². The van der Waals surface area contributed by atoms with Crippen molar-refractivity contribution in [3.05, 3.63) is 47.0 Å². The van der Waals surface area contributed by atoms with Crippen LogP contribution in [0.5, 0.6) is 0 Å². The van der Waals surface area contributed by atoms with E-state index in [1.807, 2.05) is 31.2 Å². The maximum Gasteiger partial charge on any atom is 0.256 e. The van der Waals surface area contributed by atoms with Crippen LogP contribution in [-0.2, 0) is 20.9 Å². The van der Waals surface area contributed by atoms with E-state index in [-0.39, 0.29) is 18.4 Å². The monoisotopic (exact) mass is 231 g/mol. The first-order valence-corrected chi connectivity index (χ1v) is 5.35. The molecule has 1 N–H and O–H groups in total. The molecule has 1 aliphatic rings. The van der Waals surface area contributed by atoms with Gasteiger partial charge in [-0.2, -0.15) is 0 Å². The zero-order valence-corrected chi connectivity index (χ0v) is 9.53. The van der Waals surface area contributed by atoms with Crippen molar-refractivity contribution in [3.8, 4) is 0 Å². The van der Waals surface area contributed by atoms with E-state index in [9.17, 15) is 9.59 Å². The van der Waals surface area contributed by atoms with Crippen molar-refractivity contribution in [3.63, 3.8) is 0 Å². The van der Waals surface area contributed by atoms with Gasteiger partial charge in [0.1, 0.15) is 0 Å². The molecule has 0 saturated carbocycles. The van der Waals surface area contributed by atoms with Gasteiger partial charge in [-0.15, -0.1) is 0 Å². The van der Waals surface area contributed by atoms with E-state index < -0.39 is 0 Å². The van der Waals surface area contributed by atoms with Crippen molar-refractivity contribution in [2.45, 2.75) is 13.5 Å². The summed E-state index contributed by atoms with van der Waals surface area (Å²) >= 11 is 0. The molecule has 17 heavy (non-hydrogen) atoms. The predicted molar refractivity (Wildman–Crippen MR) is 62.1 cm³/mol. The van der Waals surface area contributed by atoms with Crippen LogP contribution >= 0.6 is 0 Å². The molecule has 4 heteroatoms. The number of benzene rings is 1. The van der Waals surface area contributed by atoms with Crippen molar-refractivity contribution in [2.75, 3.05) is 6.61 Å². The highest BCUT2D eigenvalue weighted by atomic mass is 16.5. The van der Waals surface area contributed by atoms with Crippen LogP contribution < -0.4 is 5.32 Å². The summed E-state index contributed by atoms with van der Waals surface area (Å²) in [5.74, 6) is -0.732. The summed E-state index contributed by atoms with van der Waals surface area (Å²) in [5.41, 5.74) is 2.61. The fourth-order valence-electron chi connectivity index (χ4n) is 1.60. The van der Waals surface area contributed by atoms with E-state index in [4.69, 9.17) is 4.74 Å². The number of carbonyl (C=O) groups excluding carboxylic acids is 2. The number of imide groups is 1. The van der Waals surface area contributed by atoms with E-state index in [0.717, 1.165) is 11.1 Å². The number of ether oxygens (including phenoxy) is 1. The van der Waals surface area contributed by atoms with Crippen LogP contribution in [0.1, 0.15) is 11.1 Å². The molecule has 2 rings (SSSR count). The number of carbonyl (C=O) groups is 2. The van der Waals surface area contributed by atoms with Crippen LogP contribution in [0.2, 0.25) is 0 Å². The molecule has 0 fully saturated rings. The first-order valence-electron chi connectivity index (χ1n) is 5.35. The second kappa shape index (κ2) is 4.93. The van der Waals surface area contributed by atoms with Gasteiger partial charge < -0.3 is 4.74 Å². The van der Waals surface area contributed by atoms with Gasteiger partial charge in [0.15, 0.2) is 0 Å². The number of hydrogen-bond acceptors (Lipinski definition) is 3. The summed E-state index contributed by atoms with van der Waals surface area (Å²) in [7, 11) is 0. The Morgan fingerprint density at radius 2 is 1.94 bits per heavy atom. The van der Waals surface area contributed by atoms with E-state index in [0.29, 0.717) is 12.2 Å². The van der Waals surface area contributed by atoms with Gasteiger partial charge in [-0.05, 0) is 18.1 Å². The lowest BCUT2D eigenvalue weighted by atomic mass is 10.1. The third kappa shape index (κ3) is 2.79. The lowest BCUT2D eigenvalue weighted by Gasteiger charge is -2.06. The molecule has 1 aromatic carbocycles. The van der Waals surface area contributed by atoms with Crippen molar-refractivity contribution >= 4 is 11.8 Å². The Morgan fingerprint density at radius 1 is 1.18 bits per heavy atom. The molecule has 0 unspecified atom stereocenters. The summed E-state index contributed by atoms with van der Waals surface area (Å²) in [6.07, 6.45) is 1.28. The molecule has 0 bridgehead atoms. The smallest absolute Gasteiger partial charge is 0.256 e. The molecule has 0 aromatic heterocycles. The van der Waals surface area contributed by atoms with Gasteiger partial charge in [-0.25, -0.2) is 0 Å². The zero-order valence-electron chi connectivity index (χ0n) is 9.53. The second-order valence-corrected chi connectivity index (χ2v) is 3.91. The quantitative estimate of drug-likeness (QED) is 0.789. The first kappa shape index (κ1) is 11.5. The molecule has 2 amide bonds. The highest BCUT2D eigenvalue weighted by molar-refractivity contribution is 6.16. The number of hydrogen-bond donors (Lipinski definition) is 1. The Hall–Kier alpha value is -1.94. The summed E-state index contributed by atoms with van der Waals surface area (Å²) in [6, 6.07) is 7.88. The number of aryl methyl sites for hydroxylation is 1. The van der Waals surface area contributed by atoms with Gasteiger partial charge in [-0.3, -0.25) is 14.9 Å². The van der Waals surface area contributed by atoms with Gasteiger partial charge in [0.05, 0.1) is 13.2 Å². The maximum absolute atomic E-state index is 11.2. The third-order valence-electron chi connectivity index (χ3n) is 2.61. The highest BCUT2D eigenvalue weighted by Crippen LogP contribution is 2.10. The van der Waals surface area contributed by atoms with Gasteiger partial charge in [0.25, 0.3) is 11.8 Å². The number of nitrogens with one attached hydrogen (secondary N) is 1. The van der Waals surface area contributed by atoms with Gasteiger partial charge in [0.2, 0.25) is 0 Å². The summed E-state index contributed by atoms with van der Waals surface area (Å²) in [4.78, 5) is 22.1. The minimum Gasteiger partial charge on any atom is -0.372 e. The fourth-order valence-corrected chi connectivity index (χ4v) is 1.60. The third-order valence-corrected chi connectivity index (χ3v) is 2.61. The summed E-state index contributed by atoms with van der Waals surface area (Å²) in [5, 5.41) is 2.18. The highest BCUT2D eigenvalue weighted by Gasteiger charge is 2.20. The molecular weight excluding hydrogens is 218 g/mol. The van der Waals surface area contributed by atoms with Crippen molar-refractivity contribution in [2.24, 2.45) is 0 Å². The molecule has 88 valence electrons. The summed E-state index contributed by atoms with van der Waals surface area (Å²) in [6.45, 7) is 2.60. The molecule has 1 aliphatic heterocycles. The normalized spacial score (nSPS) is 14.8. The molecule has 1 heterocycles. The van der Waals surface area contributed by atoms with Gasteiger partial charge in [0, 0.05) is 11.6 Å². The molecule has 0 aliphatic carbocycles. The number of rotatable bonds is 4. The van der Waals surface area contributed by atoms with Gasteiger partial charge in [-0.1, -0.05) is 24.3 Å². The largest absolute Gasteiger partial charge is 0.372 e. The van der Waals surface area contributed by atoms with Crippen LogP contribution in [0, 0.1) is 6.92 Å². The Kier molecular flexibility index (Phi) is 3.35. The Labute approximate surface area is 99.3 Å². The predicted octanol–water partition coefficient (Wildman–Crippen LogP) is 1.09. The van der Waals surface area contributed by atoms with E-state index in [2.05, 4.69) is 5.32 Å². The van der Waals surface area contributed by atoms with Crippen LogP contribution in [-0.4, -0.2) is 18.4 Å². The topological polar surface area (TPSA) is 55.4 Å². The van der Waals surface area contributed by atoms with E-state index in [1.54, 1.807) is 0 Å². The minimum atomic E-state index is -0.371. The lowest BCUT2D eigenvalue weighted by molar-refractivity contribution is -0.124. The SMILES string of the molecule is Cc1ccccc1COCC1=CC(=O)NC1=O. The Bertz CT molecular complexity index is 491. The molecule has 0 spiro atoms. The first-order chi connectivity index (χ1) is 8.16. The standard InChI is InChI=1S/C13H13NO3/c1-9-4-2-3-5-10(9)7-17-8-11-6-12(15)14-13(11)16/h2-6H,7-8H2,1H3,(H,14,15,16). The van der Waals surface area contributed by atoms with Crippen LogP contribution in [0.25, 0.3) is 0 Å². The van der Waals surface area contributed by atoms with Crippen molar-refractivity contribution < 1.29 is 14.3 Å². The lowest BCUT2D eigenvalue weighted by Crippen LogP contribution is -2.23. The Balaban J connectivity index is 1.89. The van der Waals surface area contributed by atoms with Crippen molar-refractivity contribution in [1.82, 2.24) is 5.32 Å². The molecule has 0 radical (unpaired) electrons. The molecule has 1 aromatic rings. The van der Waals surface area contributed by atoms with Crippen molar-refractivity contribution in [1.29, 1.82) is 0 Å². The van der Waals surface area contributed by atoms with Crippen LogP contribution in [0.3, 0.4) is 0 Å². The zero-order chi connectivity index (χ0) is 12.3. The fraction of sp³-hybridized carbons (Fsp3) is 0.231. The van der Waals surface area contributed by atoms with Crippen LogP contribution in [0.15, 0.2) is 35.9 Å². The maximum atomic E-state index is 11.2. The average Bonchev–Trinajstić information content (AvgIpc) is 2.60. The number of amides is 2. The van der Waals surface area contributed by atoms with E-state index in [1.165, 1.54) is 6.08 Å². The summed E-state index contributed by atoms with van der Waals surface area (Å²) < 4.78 is 5.42. The Morgan fingerprint density at radius 3 is 2.59 bits per heavy atom. The molecule has 0 atom stereocenters. The molecular formula is C13H13NO3. The average molecular weight is 231 g/mol. The molecule has 4 nitrogen and oxygen atoms in total. The minimum absolute atomic E-state index is 0.159. The second-order valence-electron chi connectivity index (χ2n) is 3.91. The van der Waals surface area contributed by atoms with Gasteiger partial charge >= 0.3 is 0 Å². The molecule has 0 saturated heterocycles. The van der Waals surface area contributed by atoms with E-state index >= 15 is 0 Å².